The molecule has 2 N–H and O–H groups in total. The molecule has 1 aliphatic heterocycles. The van der Waals surface area contributed by atoms with Crippen LogP contribution in [0.5, 0.6) is 5.75 Å². The normalized spacial score (nSPS) is 17.8. The quantitative estimate of drug-likeness (QED) is 0.796. The van der Waals surface area contributed by atoms with Gasteiger partial charge in [0.1, 0.15) is 12.4 Å². The molecule has 0 radical (unpaired) electrons. The van der Waals surface area contributed by atoms with Gasteiger partial charge in [0.2, 0.25) is 5.91 Å². The van der Waals surface area contributed by atoms with Crippen LogP contribution in [0.3, 0.4) is 0 Å². The molecule has 90 valence electrons. The lowest BCUT2D eigenvalue weighted by molar-refractivity contribution is -0.119. The maximum absolute atomic E-state index is 11.1. The van der Waals surface area contributed by atoms with E-state index in [9.17, 15) is 9.59 Å². The van der Waals surface area contributed by atoms with E-state index in [0.29, 0.717) is 24.3 Å². The van der Waals surface area contributed by atoms with Crippen molar-refractivity contribution in [3.05, 3.63) is 29.3 Å². The summed E-state index contributed by atoms with van der Waals surface area (Å²) >= 11 is 0. The smallest absolute Gasteiger partial charge is 0.336 e. The fourth-order valence-corrected chi connectivity index (χ4v) is 1.99. The van der Waals surface area contributed by atoms with Gasteiger partial charge in [0, 0.05) is 18.9 Å². The standard InChI is InChI=1S/C12H13NO4/c1-7(14)13-8-5-10-9(12(15)16)3-2-4-11(10)17-6-8/h2-4,8H,5-6H2,1H3,(H,13,14)(H,15,16). The monoisotopic (exact) mass is 235 g/mol. The molecule has 0 aromatic heterocycles. The van der Waals surface area contributed by atoms with Gasteiger partial charge in [-0.3, -0.25) is 4.79 Å². The maximum atomic E-state index is 11.1. The lowest BCUT2D eigenvalue weighted by Crippen LogP contribution is -2.42. The summed E-state index contributed by atoms with van der Waals surface area (Å²) in [6.45, 7) is 1.80. The molecule has 1 amide bonds. The number of hydrogen-bond acceptors (Lipinski definition) is 3. The van der Waals surface area contributed by atoms with Crippen LogP contribution in [0.2, 0.25) is 0 Å². The number of carbonyl (C=O) groups is 2. The van der Waals surface area contributed by atoms with E-state index in [0.717, 1.165) is 0 Å². The molecule has 1 aromatic rings. The molecule has 0 bridgehead atoms. The number of benzene rings is 1. The van der Waals surface area contributed by atoms with Gasteiger partial charge in [0.25, 0.3) is 0 Å². The van der Waals surface area contributed by atoms with Crippen LogP contribution in [-0.4, -0.2) is 29.6 Å². The first-order valence-electron chi connectivity index (χ1n) is 5.33. The average molecular weight is 235 g/mol. The van der Waals surface area contributed by atoms with Gasteiger partial charge < -0.3 is 15.2 Å². The maximum Gasteiger partial charge on any atom is 0.336 e. The fraction of sp³-hybridized carbons (Fsp3) is 0.333. The van der Waals surface area contributed by atoms with Gasteiger partial charge in [-0.2, -0.15) is 0 Å². The molecule has 0 spiro atoms. The number of ether oxygens (including phenoxy) is 1. The Kier molecular flexibility index (Phi) is 2.99. The van der Waals surface area contributed by atoms with Crippen molar-refractivity contribution in [2.45, 2.75) is 19.4 Å². The number of hydrogen-bond donors (Lipinski definition) is 2. The van der Waals surface area contributed by atoms with Crippen LogP contribution in [0.25, 0.3) is 0 Å². The molecule has 0 fully saturated rings. The Morgan fingerprint density at radius 3 is 2.88 bits per heavy atom. The van der Waals surface area contributed by atoms with E-state index in [1.807, 2.05) is 0 Å². The van der Waals surface area contributed by atoms with Gasteiger partial charge in [-0.25, -0.2) is 4.79 Å². The van der Waals surface area contributed by atoms with E-state index < -0.39 is 5.97 Å². The second-order valence-electron chi connectivity index (χ2n) is 4.00. The topological polar surface area (TPSA) is 75.6 Å². The zero-order valence-corrected chi connectivity index (χ0v) is 9.40. The number of carboxylic acids is 1. The van der Waals surface area contributed by atoms with Gasteiger partial charge in [0.05, 0.1) is 11.6 Å². The van der Waals surface area contributed by atoms with E-state index >= 15 is 0 Å². The van der Waals surface area contributed by atoms with Crippen LogP contribution in [0.1, 0.15) is 22.8 Å². The first-order valence-corrected chi connectivity index (χ1v) is 5.33. The summed E-state index contributed by atoms with van der Waals surface area (Å²) in [6.07, 6.45) is 0.484. The lowest BCUT2D eigenvalue weighted by Gasteiger charge is -2.26. The molecule has 0 aliphatic carbocycles. The molecular formula is C12H13NO4. The van der Waals surface area contributed by atoms with E-state index in [1.165, 1.54) is 6.92 Å². The van der Waals surface area contributed by atoms with Crippen molar-refractivity contribution in [1.29, 1.82) is 0 Å². The third-order valence-electron chi connectivity index (χ3n) is 2.66. The first kappa shape index (κ1) is 11.4. The van der Waals surface area contributed by atoms with Crippen LogP contribution in [0.15, 0.2) is 18.2 Å². The van der Waals surface area contributed by atoms with Crippen molar-refractivity contribution >= 4 is 11.9 Å². The third kappa shape index (κ3) is 2.38. The molecule has 0 saturated heterocycles. The van der Waals surface area contributed by atoms with Crippen molar-refractivity contribution in [1.82, 2.24) is 5.32 Å². The number of nitrogens with one attached hydrogen (secondary N) is 1. The van der Waals surface area contributed by atoms with Crippen molar-refractivity contribution in [2.75, 3.05) is 6.61 Å². The van der Waals surface area contributed by atoms with E-state index in [4.69, 9.17) is 9.84 Å². The van der Waals surface area contributed by atoms with Crippen molar-refractivity contribution in [3.8, 4) is 5.75 Å². The number of carboxylic acid groups (broad SMARTS) is 1. The van der Waals surface area contributed by atoms with E-state index in [2.05, 4.69) is 5.32 Å². The molecule has 5 heteroatoms. The highest BCUT2D eigenvalue weighted by Gasteiger charge is 2.24. The molecule has 1 unspecified atom stereocenters. The van der Waals surface area contributed by atoms with Gasteiger partial charge in [-0.1, -0.05) is 6.07 Å². The zero-order valence-electron chi connectivity index (χ0n) is 9.40. The van der Waals surface area contributed by atoms with Gasteiger partial charge in [0.15, 0.2) is 0 Å². The number of rotatable bonds is 2. The molecule has 1 heterocycles. The molecule has 1 aliphatic rings. The van der Waals surface area contributed by atoms with Gasteiger partial charge in [-0.15, -0.1) is 0 Å². The average Bonchev–Trinajstić information content (AvgIpc) is 2.27. The summed E-state index contributed by atoms with van der Waals surface area (Å²) in [4.78, 5) is 22.0. The van der Waals surface area contributed by atoms with Crippen LogP contribution < -0.4 is 10.1 Å². The Balaban J connectivity index is 2.28. The van der Waals surface area contributed by atoms with E-state index in [1.54, 1.807) is 18.2 Å². The van der Waals surface area contributed by atoms with Crippen LogP contribution in [-0.2, 0) is 11.2 Å². The largest absolute Gasteiger partial charge is 0.491 e. The van der Waals surface area contributed by atoms with Gasteiger partial charge >= 0.3 is 5.97 Å². The van der Waals surface area contributed by atoms with Crippen LogP contribution in [0, 0.1) is 0 Å². The minimum atomic E-state index is -0.978. The molecular weight excluding hydrogens is 222 g/mol. The number of aromatic carboxylic acids is 1. The van der Waals surface area contributed by atoms with E-state index in [-0.39, 0.29) is 17.5 Å². The predicted octanol–water partition coefficient (Wildman–Crippen LogP) is 0.824. The highest BCUT2D eigenvalue weighted by Crippen LogP contribution is 2.27. The highest BCUT2D eigenvalue weighted by atomic mass is 16.5. The predicted molar refractivity (Wildman–Crippen MR) is 60.2 cm³/mol. The van der Waals surface area contributed by atoms with Crippen molar-refractivity contribution in [3.63, 3.8) is 0 Å². The first-order chi connectivity index (χ1) is 8.08. The summed E-state index contributed by atoms with van der Waals surface area (Å²) in [6, 6.07) is 4.77. The summed E-state index contributed by atoms with van der Waals surface area (Å²) in [5.74, 6) is -0.532. The Morgan fingerprint density at radius 1 is 1.47 bits per heavy atom. The molecule has 17 heavy (non-hydrogen) atoms. The highest BCUT2D eigenvalue weighted by molar-refractivity contribution is 5.90. The molecule has 2 rings (SSSR count). The summed E-state index contributed by atoms with van der Waals surface area (Å²) in [5.41, 5.74) is 0.877. The second-order valence-corrected chi connectivity index (χ2v) is 4.00. The number of fused-ring (bicyclic) bond motifs is 1. The summed E-state index contributed by atoms with van der Waals surface area (Å²) in [7, 11) is 0. The van der Waals surface area contributed by atoms with Gasteiger partial charge in [-0.05, 0) is 12.1 Å². The molecule has 1 aromatic carbocycles. The number of carbonyl (C=O) groups excluding carboxylic acids is 1. The van der Waals surface area contributed by atoms with Crippen molar-refractivity contribution < 1.29 is 19.4 Å². The Morgan fingerprint density at radius 2 is 2.24 bits per heavy atom. The second kappa shape index (κ2) is 4.45. The zero-order chi connectivity index (χ0) is 12.4. The minimum Gasteiger partial charge on any atom is -0.491 e. The Hall–Kier alpha value is -2.04. The van der Waals surface area contributed by atoms with Crippen LogP contribution >= 0.6 is 0 Å². The Labute approximate surface area is 98.4 Å². The number of amides is 1. The SMILES string of the molecule is CC(=O)NC1COc2cccc(C(=O)O)c2C1. The summed E-state index contributed by atoms with van der Waals surface area (Å²) in [5, 5.41) is 11.8. The fourth-order valence-electron chi connectivity index (χ4n) is 1.99. The van der Waals surface area contributed by atoms with Crippen molar-refractivity contribution in [2.24, 2.45) is 0 Å². The minimum absolute atomic E-state index is 0.144. The Bertz CT molecular complexity index is 470. The van der Waals surface area contributed by atoms with Crippen LogP contribution in [0.4, 0.5) is 0 Å². The third-order valence-corrected chi connectivity index (χ3v) is 2.66. The molecule has 0 saturated carbocycles. The molecule has 5 nitrogen and oxygen atoms in total. The molecule has 1 atom stereocenters. The lowest BCUT2D eigenvalue weighted by atomic mass is 9.97. The summed E-state index contributed by atoms with van der Waals surface area (Å²) < 4.78 is 5.45.